The van der Waals surface area contributed by atoms with E-state index in [-0.39, 0.29) is 6.04 Å². The molecule has 6 rings (SSSR count). The fourth-order valence-electron chi connectivity index (χ4n) is 8.34. The molecule has 1 heterocycles. The summed E-state index contributed by atoms with van der Waals surface area (Å²) in [6.45, 7) is 5.00. The van der Waals surface area contributed by atoms with Crippen LogP contribution in [0.3, 0.4) is 0 Å². The van der Waals surface area contributed by atoms with Gasteiger partial charge in [0.2, 0.25) is 5.91 Å². The fraction of sp³-hybridized carbons (Fsp3) is 0.773. The van der Waals surface area contributed by atoms with Crippen molar-refractivity contribution in [2.24, 2.45) is 53.3 Å². The van der Waals surface area contributed by atoms with Gasteiger partial charge in [-0.15, -0.1) is 0 Å². The normalized spacial score (nSPS) is 48.0. The van der Waals surface area contributed by atoms with Gasteiger partial charge in [-0.05, 0) is 85.7 Å². The highest BCUT2D eigenvalue weighted by molar-refractivity contribution is 5.81. The van der Waals surface area contributed by atoms with Crippen LogP contribution in [0.5, 0.6) is 0 Å². The van der Waals surface area contributed by atoms with E-state index in [1.807, 2.05) is 12.1 Å². The summed E-state index contributed by atoms with van der Waals surface area (Å²) in [6.07, 6.45) is 5.68. The molecule has 11 unspecified atom stereocenters. The third kappa shape index (κ3) is 1.82. The Morgan fingerprint density at radius 3 is 2.65 bits per heavy atom. The zero-order valence-electron chi connectivity index (χ0n) is 15.7. The number of furan rings is 1. The topological polar surface area (TPSA) is 54.3 Å². The zero-order chi connectivity index (χ0) is 17.6. The molecule has 11 atom stereocenters. The van der Waals surface area contributed by atoms with Crippen molar-refractivity contribution >= 4 is 5.91 Å². The predicted molar refractivity (Wildman–Crippen MR) is 98.0 cm³/mol. The Balaban J connectivity index is 1.16. The first-order valence-corrected chi connectivity index (χ1v) is 10.8. The second-order valence-corrected chi connectivity index (χ2v) is 9.75. The summed E-state index contributed by atoms with van der Waals surface area (Å²) in [6, 6.07) is 4.40. The van der Waals surface area contributed by atoms with Crippen molar-refractivity contribution < 1.29 is 9.21 Å². The molecule has 4 nitrogen and oxygen atoms in total. The molecule has 0 saturated heterocycles. The third-order valence-electron chi connectivity index (χ3n) is 9.09. The number of hydrogen-bond donors (Lipinski definition) is 2. The van der Waals surface area contributed by atoms with Gasteiger partial charge in [-0.1, -0.05) is 6.92 Å². The monoisotopic (exact) mass is 354 g/mol. The molecule has 2 bridgehead atoms. The van der Waals surface area contributed by atoms with Gasteiger partial charge in [0.05, 0.1) is 12.3 Å². The minimum atomic E-state index is 0.0574. The number of rotatable bonds is 7. The summed E-state index contributed by atoms with van der Waals surface area (Å²) in [5.74, 6) is 8.64. The van der Waals surface area contributed by atoms with Crippen molar-refractivity contribution in [1.82, 2.24) is 10.6 Å². The maximum atomic E-state index is 13.2. The summed E-state index contributed by atoms with van der Waals surface area (Å²) in [5.41, 5.74) is 0. The molecule has 0 aromatic carbocycles. The van der Waals surface area contributed by atoms with Gasteiger partial charge in [0, 0.05) is 18.5 Å². The Morgan fingerprint density at radius 2 is 1.92 bits per heavy atom. The average Bonchev–Trinajstić information content (AvgIpc) is 3.34. The summed E-state index contributed by atoms with van der Waals surface area (Å²) in [5, 5.41) is 6.94. The van der Waals surface area contributed by atoms with Gasteiger partial charge in [-0.25, -0.2) is 0 Å². The highest BCUT2D eigenvalue weighted by atomic mass is 16.3. The number of nitrogens with one attached hydrogen (secondary N) is 2. The van der Waals surface area contributed by atoms with Crippen LogP contribution in [0.1, 0.15) is 44.9 Å². The van der Waals surface area contributed by atoms with E-state index in [4.69, 9.17) is 4.42 Å². The fourth-order valence-corrected chi connectivity index (χ4v) is 8.34. The number of carbonyl (C=O) groups is 1. The van der Waals surface area contributed by atoms with Crippen molar-refractivity contribution in [1.29, 1.82) is 0 Å². The molecule has 1 aromatic heterocycles. The molecule has 0 radical (unpaired) electrons. The van der Waals surface area contributed by atoms with E-state index in [1.165, 1.54) is 12.8 Å². The van der Waals surface area contributed by atoms with E-state index in [2.05, 4.69) is 24.5 Å². The SMILES string of the molecule is CCC(C)NC(CNC(=O)C1C2C3CC4C5C3CC2C5C41)c1ccco1. The highest BCUT2D eigenvalue weighted by Crippen LogP contribution is 2.84. The van der Waals surface area contributed by atoms with Crippen LogP contribution in [0, 0.1) is 53.3 Å². The van der Waals surface area contributed by atoms with Crippen molar-refractivity contribution in [3.63, 3.8) is 0 Å². The van der Waals surface area contributed by atoms with Gasteiger partial charge in [-0.2, -0.15) is 0 Å². The standard InChI is InChI=1S/C22H30N2O2/c1-3-10(2)24-15(16-5-4-6-26-16)9-23-22(25)21-18-12-8-13-17-11(12)7-14(18)19(17)20(13)21/h4-6,10-15,17-21,24H,3,7-9H2,1-2H3,(H,23,25). The van der Waals surface area contributed by atoms with E-state index in [1.54, 1.807) is 6.26 Å². The molecule has 26 heavy (non-hydrogen) atoms. The molecule has 5 aliphatic carbocycles. The summed E-state index contributed by atoms with van der Waals surface area (Å²) < 4.78 is 5.63. The van der Waals surface area contributed by atoms with Gasteiger partial charge in [0.25, 0.3) is 0 Å². The third-order valence-corrected chi connectivity index (χ3v) is 9.09. The Kier molecular flexibility index (Phi) is 3.25. The quantitative estimate of drug-likeness (QED) is 0.790. The van der Waals surface area contributed by atoms with Crippen molar-refractivity contribution in [2.75, 3.05) is 6.54 Å². The van der Waals surface area contributed by atoms with Crippen LogP contribution in [-0.4, -0.2) is 18.5 Å². The summed E-state index contributed by atoms with van der Waals surface area (Å²) in [4.78, 5) is 13.2. The maximum Gasteiger partial charge on any atom is 0.223 e. The largest absolute Gasteiger partial charge is 0.468 e. The van der Waals surface area contributed by atoms with E-state index < -0.39 is 0 Å². The van der Waals surface area contributed by atoms with Gasteiger partial charge in [-0.3, -0.25) is 4.79 Å². The van der Waals surface area contributed by atoms with E-state index >= 15 is 0 Å². The van der Waals surface area contributed by atoms with Crippen molar-refractivity contribution in [3.8, 4) is 0 Å². The molecule has 0 aliphatic heterocycles. The van der Waals surface area contributed by atoms with Crippen LogP contribution in [0.25, 0.3) is 0 Å². The number of carbonyl (C=O) groups excluding carboxylic acids is 1. The maximum absolute atomic E-state index is 13.2. The molecule has 0 spiro atoms. The predicted octanol–water partition coefficient (Wildman–Crippen LogP) is 3.22. The van der Waals surface area contributed by atoms with Crippen molar-refractivity contribution in [3.05, 3.63) is 24.2 Å². The molecule has 1 amide bonds. The minimum absolute atomic E-state index is 0.0574. The first kappa shape index (κ1) is 15.7. The van der Waals surface area contributed by atoms with Crippen LogP contribution in [0.4, 0.5) is 0 Å². The van der Waals surface area contributed by atoms with Gasteiger partial charge < -0.3 is 15.1 Å². The van der Waals surface area contributed by atoms with Crippen LogP contribution < -0.4 is 10.6 Å². The smallest absolute Gasteiger partial charge is 0.223 e. The average molecular weight is 354 g/mol. The molecule has 5 aliphatic rings. The lowest BCUT2D eigenvalue weighted by Crippen LogP contribution is -2.49. The number of fused-ring (bicyclic) bond motifs is 2. The number of hydrogen-bond acceptors (Lipinski definition) is 3. The Hall–Kier alpha value is -1.29. The second kappa shape index (κ2) is 5.37. The van der Waals surface area contributed by atoms with Crippen LogP contribution in [0.2, 0.25) is 0 Å². The minimum Gasteiger partial charge on any atom is -0.468 e. The van der Waals surface area contributed by atoms with Gasteiger partial charge in [0.1, 0.15) is 5.76 Å². The van der Waals surface area contributed by atoms with Crippen molar-refractivity contribution in [2.45, 2.75) is 45.2 Å². The molecule has 5 saturated carbocycles. The lowest BCUT2D eigenvalue weighted by atomic mass is 9.57. The zero-order valence-corrected chi connectivity index (χ0v) is 15.7. The Morgan fingerprint density at radius 1 is 1.15 bits per heavy atom. The van der Waals surface area contributed by atoms with Gasteiger partial charge in [0.15, 0.2) is 0 Å². The molecular formula is C22H30N2O2. The van der Waals surface area contributed by atoms with Crippen LogP contribution >= 0.6 is 0 Å². The Labute approximate surface area is 155 Å². The summed E-state index contributed by atoms with van der Waals surface area (Å²) in [7, 11) is 0. The Bertz CT molecular complexity index is 710. The summed E-state index contributed by atoms with van der Waals surface area (Å²) >= 11 is 0. The highest BCUT2D eigenvalue weighted by Gasteiger charge is 2.81. The van der Waals surface area contributed by atoms with E-state index in [0.29, 0.717) is 24.4 Å². The lowest BCUT2D eigenvalue weighted by molar-refractivity contribution is -0.132. The van der Waals surface area contributed by atoms with Gasteiger partial charge >= 0.3 is 0 Å². The second-order valence-electron chi connectivity index (χ2n) is 9.75. The molecular weight excluding hydrogens is 324 g/mol. The lowest BCUT2D eigenvalue weighted by Gasteiger charge is -2.47. The molecule has 5 fully saturated rings. The molecule has 4 heteroatoms. The number of amides is 1. The van der Waals surface area contributed by atoms with E-state index in [0.717, 1.165) is 59.5 Å². The molecule has 2 N–H and O–H groups in total. The van der Waals surface area contributed by atoms with E-state index in [9.17, 15) is 4.79 Å². The first-order chi connectivity index (χ1) is 12.7. The molecule has 1 aromatic rings. The van der Waals surface area contributed by atoms with Crippen LogP contribution in [-0.2, 0) is 4.79 Å². The van der Waals surface area contributed by atoms with Crippen LogP contribution in [0.15, 0.2) is 22.8 Å². The molecule has 140 valence electrons. The first-order valence-electron chi connectivity index (χ1n) is 10.8.